The highest BCUT2D eigenvalue weighted by molar-refractivity contribution is 5.37. The van der Waals surface area contributed by atoms with Gasteiger partial charge in [0.25, 0.3) is 0 Å². The van der Waals surface area contributed by atoms with Crippen LogP contribution in [0, 0.1) is 12.8 Å². The molecular formula is C15H22N2. The van der Waals surface area contributed by atoms with Gasteiger partial charge in [0.2, 0.25) is 0 Å². The normalized spacial score (nSPS) is 18.1. The van der Waals surface area contributed by atoms with Gasteiger partial charge in [-0.05, 0) is 51.7 Å². The third-order valence-corrected chi connectivity index (χ3v) is 3.81. The van der Waals surface area contributed by atoms with Gasteiger partial charge in [-0.3, -0.25) is 0 Å². The van der Waals surface area contributed by atoms with E-state index in [0.29, 0.717) is 5.92 Å². The van der Waals surface area contributed by atoms with Crippen molar-refractivity contribution in [3.63, 3.8) is 0 Å². The zero-order chi connectivity index (χ0) is 12.3. The predicted octanol–water partition coefficient (Wildman–Crippen LogP) is 5.05. The standard InChI is InChI=1S/C15H22N2/c1-12-8-10-14(11-9-12)16-17-15(2,3)13-6-4-5-7-13/h8-11,13H,4-7H2,1-3H3. The molecule has 1 aromatic rings. The molecule has 1 fully saturated rings. The molecule has 1 aromatic carbocycles. The largest absolute Gasteiger partial charge is 0.182 e. The van der Waals surface area contributed by atoms with Crippen molar-refractivity contribution in [1.82, 2.24) is 0 Å². The summed E-state index contributed by atoms with van der Waals surface area (Å²) in [5.41, 5.74) is 2.21. The van der Waals surface area contributed by atoms with E-state index >= 15 is 0 Å². The molecule has 0 aromatic heterocycles. The Bertz CT molecular complexity index is 384. The third kappa shape index (κ3) is 3.15. The highest BCUT2D eigenvalue weighted by atomic mass is 15.1. The summed E-state index contributed by atoms with van der Waals surface area (Å²) in [6, 6.07) is 8.22. The minimum absolute atomic E-state index is 0.0125. The molecule has 0 atom stereocenters. The van der Waals surface area contributed by atoms with Crippen molar-refractivity contribution < 1.29 is 0 Å². The average molecular weight is 230 g/mol. The molecule has 0 radical (unpaired) electrons. The van der Waals surface area contributed by atoms with Gasteiger partial charge in [0.15, 0.2) is 0 Å². The number of benzene rings is 1. The second-order valence-electron chi connectivity index (χ2n) is 5.67. The maximum Gasteiger partial charge on any atom is 0.0852 e. The Morgan fingerprint density at radius 1 is 1.06 bits per heavy atom. The van der Waals surface area contributed by atoms with Crippen LogP contribution >= 0.6 is 0 Å². The highest BCUT2D eigenvalue weighted by Crippen LogP contribution is 2.36. The van der Waals surface area contributed by atoms with Crippen LogP contribution in [0.1, 0.15) is 45.1 Å². The summed E-state index contributed by atoms with van der Waals surface area (Å²) in [6.07, 6.45) is 5.32. The van der Waals surface area contributed by atoms with Crippen molar-refractivity contribution in [2.24, 2.45) is 16.1 Å². The van der Waals surface area contributed by atoms with E-state index in [0.717, 1.165) is 5.69 Å². The van der Waals surface area contributed by atoms with E-state index in [1.807, 2.05) is 12.1 Å². The average Bonchev–Trinajstić information content (AvgIpc) is 2.82. The summed E-state index contributed by atoms with van der Waals surface area (Å²) in [4.78, 5) is 0. The SMILES string of the molecule is Cc1ccc(N=NC(C)(C)C2CCCC2)cc1. The fourth-order valence-electron chi connectivity index (χ4n) is 2.51. The molecule has 0 spiro atoms. The van der Waals surface area contributed by atoms with Crippen LogP contribution in [0.5, 0.6) is 0 Å². The summed E-state index contributed by atoms with van der Waals surface area (Å²) >= 11 is 0. The first kappa shape index (κ1) is 12.3. The van der Waals surface area contributed by atoms with Crippen molar-refractivity contribution in [2.75, 3.05) is 0 Å². The van der Waals surface area contributed by atoms with Crippen LogP contribution in [0.25, 0.3) is 0 Å². The number of nitrogens with zero attached hydrogens (tertiary/aromatic N) is 2. The lowest BCUT2D eigenvalue weighted by atomic mass is 9.87. The second-order valence-corrected chi connectivity index (χ2v) is 5.67. The minimum Gasteiger partial charge on any atom is -0.182 e. The molecule has 2 heteroatoms. The van der Waals surface area contributed by atoms with Gasteiger partial charge in [-0.2, -0.15) is 10.2 Å². The molecule has 0 aliphatic heterocycles. The lowest BCUT2D eigenvalue weighted by molar-refractivity contribution is 0.318. The van der Waals surface area contributed by atoms with Crippen LogP contribution in [0.15, 0.2) is 34.5 Å². The molecule has 1 saturated carbocycles. The van der Waals surface area contributed by atoms with E-state index < -0.39 is 0 Å². The fourth-order valence-corrected chi connectivity index (χ4v) is 2.51. The summed E-state index contributed by atoms with van der Waals surface area (Å²) in [7, 11) is 0. The zero-order valence-corrected chi connectivity index (χ0v) is 11.1. The van der Waals surface area contributed by atoms with Gasteiger partial charge in [0, 0.05) is 0 Å². The van der Waals surface area contributed by atoms with E-state index in [9.17, 15) is 0 Å². The molecule has 0 unspecified atom stereocenters. The van der Waals surface area contributed by atoms with Crippen molar-refractivity contribution in [2.45, 2.75) is 52.0 Å². The summed E-state index contributed by atoms with van der Waals surface area (Å²) in [6.45, 7) is 6.50. The molecular weight excluding hydrogens is 208 g/mol. The molecule has 92 valence electrons. The van der Waals surface area contributed by atoms with Gasteiger partial charge in [-0.1, -0.05) is 30.5 Å². The van der Waals surface area contributed by atoms with E-state index in [1.165, 1.54) is 31.2 Å². The van der Waals surface area contributed by atoms with Crippen LogP contribution in [-0.2, 0) is 0 Å². The quantitative estimate of drug-likeness (QED) is 0.649. The third-order valence-electron chi connectivity index (χ3n) is 3.81. The number of rotatable bonds is 3. The van der Waals surface area contributed by atoms with E-state index in [2.05, 4.69) is 43.1 Å². The first-order chi connectivity index (χ1) is 8.08. The molecule has 1 aliphatic rings. The first-order valence-electron chi connectivity index (χ1n) is 6.57. The highest BCUT2D eigenvalue weighted by Gasteiger charge is 2.31. The lowest BCUT2D eigenvalue weighted by Gasteiger charge is -2.25. The summed E-state index contributed by atoms with van der Waals surface area (Å²) < 4.78 is 0. The van der Waals surface area contributed by atoms with Crippen LogP contribution < -0.4 is 0 Å². The Morgan fingerprint density at radius 3 is 2.24 bits per heavy atom. The molecule has 0 N–H and O–H groups in total. The molecule has 1 aliphatic carbocycles. The van der Waals surface area contributed by atoms with Crippen molar-refractivity contribution in [3.05, 3.63) is 29.8 Å². The predicted molar refractivity (Wildman–Crippen MR) is 71.7 cm³/mol. The maximum absolute atomic E-state index is 4.56. The molecule has 2 nitrogen and oxygen atoms in total. The van der Waals surface area contributed by atoms with E-state index in [1.54, 1.807) is 0 Å². The Kier molecular flexibility index (Phi) is 3.60. The van der Waals surface area contributed by atoms with Crippen molar-refractivity contribution in [1.29, 1.82) is 0 Å². The number of azo groups is 1. The van der Waals surface area contributed by atoms with Crippen molar-refractivity contribution >= 4 is 5.69 Å². The van der Waals surface area contributed by atoms with Crippen LogP contribution in [0.4, 0.5) is 5.69 Å². The van der Waals surface area contributed by atoms with Gasteiger partial charge < -0.3 is 0 Å². The van der Waals surface area contributed by atoms with E-state index in [-0.39, 0.29) is 5.54 Å². The minimum atomic E-state index is -0.0125. The van der Waals surface area contributed by atoms with Gasteiger partial charge in [0.1, 0.15) is 0 Å². The Balaban J connectivity index is 2.05. The second kappa shape index (κ2) is 4.99. The van der Waals surface area contributed by atoms with Crippen LogP contribution in [0.2, 0.25) is 0 Å². The molecule has 0 bridgehead atoms. The Hall–Kier alpha value is -1.18. The van der Waals surface area contributed by atoms with Crippen molar-refractivity contribution in [3.8, 4) is 0 Å². The van der Waals surface area contributed by atoms with Crippen LogP contribution in [-0.4, -0.2) is 5.54 Å². The zero-order valence-electron chi connectivity index (χ0n) is 11.1. The summed E-state index contributed by atoms with van der Waals surface area (Å²) in [5.74, 6) is 0.705. The molecule has 0 amide bonds. The topological polar surface area (TPSA) is 24.7 Å². The number of hydrogen-bond donors (Lipinski definition) is 0. The lowest BCUT2D eigenvalue weighted by Crippen LogP contribution is -2.26. The monoisotopic (exact) mass is 230 g/mol. The maximum atomic E-state index is 4.56. The van der Waals surface area contributed by atoms with Gasteiger partial charge in [-0.15, -0.1) is 0 Å². The molecule has 17 heavy (non-hydrogen) atoms. The smallest absolute Gasteiger partial charge is 0.0852 e. The van der Waals surface area contributed by atoms with Gasteiger partial charge in [-0.25, -0.2) is 0 Å². The van der Waals surface area contributed by atoms with E-state index in [4.69, 9.17) is 0 Å². The molecule has 0 heterocycles. The Labute approximate surface area is 104 Å². The summed E-state index contributed by atoms with van der Waals surface area (Å²) in [5, 5.41) is 8.95. The van der Waals surface area contributed by atoms with Gasteiger partial charge >= 0.3 is 0 Å². The van der Waals surface area contributed by atoms with Crippen LogP contribution in [0.3, 0.4) is 0 Å². The molecule has 2 rings (SSSR count). The number of aryl methyl sites for hydroxylation is 1. The van der Waals surface area contributed by atoms with Gasteiger partial charge in [0.05, 0.1) is 11.2 Å². The first-order valence-corrected chi connectivity index (χ1v) is 6.57. The fraction of sp³-hybridized carbons (Fsp3) is 0.600. The molecule has 0 saturated heterocycles. The number of hydrogen-bond acceptors (Lipinski definition) is 2. The Morgan fingerprint density at radius 2 is 1.65 bits per heavy atom.